The van der Waals surface area contributed by atoms with Crippen LogP contribution in [0.5, 0.6) is 0 Å². The van der Waals surface area contributed by atoms with Crippen molar-refractivity contribution < 1.29 is 35.3 Å². The summed E-state index contributed by atoms with van der Waals surface area (Å²) in [5, 5.41) is 0. The topological polar surface area (TPSA) is 27.7 Å². The van der Waals surface area contributed by atoms with Crippen LogP contribution in [-0.4, -0.2) is 37.1 Å². The summed E-state index contributed by atoms with van der Waals surface area (Å²) in [6, 6.07) is 0. The Morgan fingerprint density at radius 1 is 1.18 bits per heavy atom. The van der Waals surface area contributed by atoms with Gasteiger partial charge in [-0.05, 0) is 33.8 Å². The van der Waals surface area contributed by atoms with E-state index in [-0.39, 0.29) is 51.6 Å². The Labute approximate surface area is 120 Å². The van der Waals surface area contributed by atoms with Gasteiger partial charge in [-0.2, -0.15) is 6.92 Å². The van der Waals surface area contributed by atoms with Crippen LogP contribution in [0.4, 0.5) is 0 Å². The molecule has 0 amide bonds. The fourth-order valence-corrected chi connectivity index (χ4v) is 1.87. The zero-order valence-corrected chi connectivity index (χ0v) is 14.7. The normalized spacial score (nSPS) is 30.0. The van der Waals surface area contributed by atoms with Crippen LogP contribution in [0, 0.1) is 5.92 Å². The molecular formula is C13H25O3W-. The molecule has 3 nitrogen and oxygen atoms in total. The predicted octanol–water partition coefficient (Wildman–Crippen LogP) is 2.58. The minimum Gasteiger partial charge on any atom is -0.404 e. The standard InChI is InChI=1S/C13H25O3.W/c1-8(2)14-7-12-13(15-9(3)4)10(5)11(6)16-12;/h8-9,11-13H,7H2,1-6H3;/q-1;. The van der Waals surface area contributed by atoms with Crippen molar-refractivity contribution in [2.45, 2.75) is 72.1 Å². The molecule has 0 aromatic rings. The first kappa shape index (κ1) is 17.6. The predicted molar refractivity (Wildman–Crippen MR) is 64.3 cm³/mol. The minimum absolute atomic E-state index is 0. The maximum Gasteiger partial charge on any atom is 0.0762 e. The Morgan fingerprint density at radius 3 is 2.24 bits per heavy atom. The SMILES string of the molecule is C[C-]1C(C)OC(COC(C)C)C1OC(C)C.[W]. The molecule has 17 heavy (non-hydrogen) atoms. The second-order valence-electron chi connectivity index (χ2n) is 5.05. The summed E-state index contributed by atoms with van der Waals surface area (Å²) in [6.07, 6.45) is 0.743. The van der Waals surface area contributed by atoms with Crippen LogP contribution in [0.15, 0.2) is 0 Å². The maximum atomic E-state index is 5.90. The average Bonchev–Trinajstić information content (AvgIpc) is 2.42. The van der Waals surface area contributed by atoms with Crippen molar-refractivity contribution in [1.29, 1.82) is 0 Å². The molecule has 0 saturated carbocycles. The number of hydrogen-bond donors (Lipinski definition) is 0. The molecule has 0 N–H and O–H groups in total. The van der Waals surface area contributed by atoms with Gasteiger partial charge in [-0.1, -0.05) is 13.0 Å². The molecule has 1 rings (SSSR count). The molecule has 3 unspecified atom stereocenters. The van der Waals surface area contributed by atoms with E-state index in [1.54, 1.807) is 0 Å². The van der Waals surface area contributed by atoms with Crippen LogP contribution in [0.2, 0.25) is 0 Å². The van der Waals surface area contributed by atoms with Crippen molar-refractivity contribution in [3.8, 4) is 0 Å². The summed E-state index contributed by atoms with van der Waals surface area (Å²) < 4.78 is 17.4. The Hall–Kier alpha value is 0.568. The van der Waals surface area contributed by atoms with Gasteiger partial charge in [-0.3, -0.25) is 5.92 Å². The molecule has 1 heterocycles. The van der Waals surface area contributed by atoms with E-state index in [0.717, 1.165) is 0 Å². The van der Waals surface area contributed by atoms with E-state index >= 15 is 0 Å². The summed E-state index contributed by atoms with van der Waals surface area (Å²) >= 11 is 0. The minimum atomic E-state index is 0. The second-order valence-corrected chi connectivity index (χ2v) is 5.05. The van der Waals surface area contributed by atoms with Crippen LogP contribution in [-0.2, 0) is 35.3 Å². The summed E-state index contributed by atoms with van der Waals surface area (Å²) in [4.78, 5) is 0. The van der Waals surface area contributed by atoms with E-state index in [1.807, 2.05) is 13.8 Å². The van der Waals surface area contributed by atoms with Gasteiger partial charge in [0.1, 0.15) is 0 Å². The zero-order chi connectivity index (χ0) is 12.3. The zero-order valence-electron chi connectivity index (χ0n) is 11.7. The first-order valence-electron chi connectivity index (χ1n) is 6.17. The van der Waals surface area contributed by atoms with Crippen molar-refractivity contribution >= 4 is 0 Å². The molecule has 0 aliphatic carbocycles. The van der Waals surface area contributed by atoms with Crippen molar-refractivity contribution in [1.82, 2.24) is 0 Å². The molecule has 0 aromatic carbocycles. The van der Waals surface area contributed by atoms with Gasteiger partial charge < -0.3 is 14.2 Å². The molecule has 4 heteroatoms. The number of ether oxygens (including phenoxy) is 3. The summed E-state index contributed by atoms with van der Waals surface area (Å²) in [5.74, 6) is 1.27. The van der Waals surface area contributed by atoms with Crippen LogP contribution >= 0.6 is 0 Å². The van der Waals surface area contributed by atoms with Gasteiger partial charge in [0.25, 0.3) is 0 Å². The Bertz CT molecular complexity index is 209. The third-order valence-corrected chi connectivity index (χ3v) is 2.82. The number of hydrogen-bond acceptors (Lipinski definition) is 3. The van der Waals surface area contributed by atoms with E-state index in [0.29, 0.717) is 6.61 Å². The van der Waals surface area contributed by atoms with Crippen molar-refractivity contribution in [3.63, 3.8) is 0 Å². The van der Waals surface area contributed by atoms with Crippen molar-refractivity contribution in [2.75, 3.05) is 6.61 Å². The van der Waals surface area contributed by atoms with E-state index in [4.69, 9.17) is 14.2 Å². The van der Waals surface area contributed by atoms with E-state index in [9.17, 15) is 0 Å². The smallest absolute Gasteiger partial charge is 0.0762 e. The first-order chi connectivity index (χ1) is 7.41. The second kappa shape index (κ2) is 7.88. The summed E-state index contributed by atoms with van der Waals surface area (Å²) in [6.45, 7) is 13.0. The van der Waals surface area contributed by atoms with Crippen molar-refractivity contribution in [2.24, 2.45) is 0 Å². The fraction of sp³-hybridized carbons (Fsp3) is 0.923. The van der Waals surface area contributed by atoms with Crippen LogP contribution in [0.25, 0.3) is 0 Å². The Balaban J connectivity index is 0.00000256. The number of rotatable bonds is 5. The third-order valence-electron chi connectivity index (χ3n) is 2.82. The maximum absolute atomic E-state index is 5.90. The molecule has 0 aromatic heterocycles. The molecule has 1 saturated heterocycles. The van der Waals surface area contributed by atoms with E-state index < -0.39 is 0 Å². The quantitative estimate of drug-likeness (QED) is 0.649. The van der Waals surface area contributed by atoms with Crippen LogP contribution < -0.4 is 0 Å². The van der Waals surface area contributed by atoms with Gasteiger partial charge in [-0.25, -0.2) is 0 Å². The molecule has 0 radical (unpaired) electrons. The molecular weight excluding hydrogens is 388 g/mol. The largest absolute Gasteiger partial charge is 0.404 e. The van der Waals surface area contributed by atoms with Crippen molar-refractivity contribution in [3.05, 3.63) is 5.92 Å². The van der Waals surface area contributed by atoms with Gasteiger partial charge in [-0.15, -0.1) is 0 Å². The summed E-state index contributed by atoms with van der Waals surface area (Å²) in [7, 11) is 0. The monoisotopic (exact) mass is 413 g/mol. The third kappa shape index (κ3) is 5.38. The molecule has 1 aliphatic heterocycles. The van der Waals surface area contributed by atoms with Gasteiger partial charge in [0.2, 0.25) is 0 Å². The van der Waals surface area contributed by atoms with E-state index in [1.165, 1.54) is 5.92 Å². The molecule has 3 atom stereocenters. The Kier molecular flexibility index (Phi) is 8.15. The van der Waals surface area contributed by atoms with E-state index in [2.05, 4.69) is 27.7 Å². The molecule has 1 aliphatic rings. The van der Waals surface area contributed by atoms with Gasteiger partial charge in [0, 0.05) is 27.2 Å². The van der Waals surface area contributed by atoms with Gasteiger partial charge in [0.05, 0.1) is 18.8 Å². The van der Waals surface area contributed by atoms with Crippen LogP contribution in [0.3, 0.4) is 0 Å². The molecule has 0 bridgehead atoms. The first-order valence-corrected chi connectivity index (χ1v) is 6.17. The fourth-order valence-electron chi connectivity index (χ4n) is 1.87. The average molecular weight is 413 g/mol. The molecule has 1 fully saturated rings. The molecule has 102 valence electrons. The molecule has 0 spiro atoms. The Morgan fingerprint density at radius 2 is 1.76 bits per heavy atom. The van der Waals surface area contributed by atoms with Gasteiger partial charge in [0.15, 0.2) is 0 Å². The summed E-state index contributed by atoms with van der Waals surface area (Å²) in [5.41, 5.74) is 0. The van der Waals surface area contributed by atoms with Crippen LogP contribution in [0.1, 0.15) is 41.5 Å². The van der Waals surface area contributed by atoms with Gasteiger partial charge >= 0.3 is 0 Å².